The second-order valence-electron chi connectivity index (χ2n) is 19.7. The highest BCUT2D eigenvalue weighted by Crippen LogP contribution is 2.75. The third kappa shape index (κ3) is 6.13. The first-order chi connectivity index (χ1) is 23.8. The Bertz CT molecular complexity index is 1550. The number of hydrogen-bond donors (Lipinski definition) is 2. The van der Waals surface area contributed by atoms with Gasteiger partial charge in [-0.25, -0.2) is 0 Å². The predicted molar refractivity (Wildman–Crippen MR) is 201 cm³/mol. The van der Waals surface area contributed by atoms with Crippen LogP contribution in [-0.2, 0) is 19.1 Å². The third-order valence-corrected chi connectivity index (χ3v) is 16.0. The number of aromatic nitrogens is 1. The molecular formula is C44H66N2O5. The van der Waals surface area contributed by atoms with Crippen LogP contribution in [0.25, 0.3) is 0 Å². The number of carboxylic acid groups (broad SMARTS) is 1. The molecule has 1 aromatic rings. The van der Waals surface area contributed by atoms with Gasteiger partial charge in [0.1, 0.15) is 6.10 Å². The minimum atomic E-state index is -1.14. The minimum absolute atomic E-state index is 0.0732. The Morgan fingerprint density at radius 3 is 2.31 bits per heavy atom. The molecule has 7 heteroatoms. The molecule has 5 aliphatic rings. The number of nitrogens with zero attached hydrogens (tertiary/aromatic N) is 1. The van der Waals surface area contributed by atoms with Crippen LogP contribution in [0.3, 0.4) is 0 Å². The van der Waals surface area contributed by atoms with Gasteiger partial charge in [0.25, 0.3) is 0 Å². The van der Waals surface area contributed by atoms with E-state index < -0.39 is 17.4 Å². The number of carboxylic acids is 1. The molecular weight excluding hydrogens is 636 g/mol. The van der Waals surface area contributed by atoms with Gasteiger partial charge in [-0.15, -0.1) is 0 Å². The Hall–Kier alpha value is -2.54. The van der Waals surface area contributed by atoms with Crippen molar-refractivity contribution in [2.45, 2.75) is 146 Å². The number of hydrogen-bond acceptors (Lipinski definition) is 6. The molecule has 6 rings (SSSR count). The predicted octanol–water partition coefficient (Wildman–Crippen LogP) is 9.37. The van der Waals surface area contributed by atoms with E-state index in [9.17, 15) is 19.5 Å². The molecule has 2 N–H and O–H groups in total. The molecule has 0 amide bonds. The zero-order chi connectivity index (χ0) is 37.3. The molecule has 0 radical (unpaired) electrons. The third-order valence-electron chi connectivity index (χ3n) is 16.0. The Labute approximate surface area is 307 Å². The number of carbonyl (C=O) groups excluding carboxylic acids is 2. The second kappa shape index (κ2) is 13.4. The van der Waals surface area contributed by atoms with Crippen molar-refractivity contribution in [1.82, 2.24) is 10.3 Å². The van der Waals surface area contributed by atoms with Gasteiger partial charge in [0.05, 0.1) is 17.5 Å². The van der Waals surface area contributed by atoms with E-state index in [-0.39, 0.29) is 52.1 Å². The van der Waals surface area contributed by atoms with Crippen LogP contribution in [0.2, 0.25) is 0 Å². The van der Waals surface area contributed by atoms with Gasteiger partial charge in [-0.05, 0) is 149 Å². The van der Waals surface area contributed by atoms with Crippen LogP contribution in [0.5, 0.6) is 0 Å². The molecule has 7 nitrogen and oxygen atoms in total. The Morgan fingerprint density at radius 1 is 0.961 bits per heavy atom. The number of esters is 1. The molecule has 0 aliphatic heterocycles. The van der Waals surface area contributed by atoms with Crippen LogP contribution >= 0.6 is 0 Å². The highest BCUT2D eigenvalue weighted by atomic mass is 16.5. The molecule has 4 fully saturated rings. The van der Waals surface area contributed by atoms with E-state index in [2.05, 4.69) is 71.8 Å². The van der Waals surface area contributed by atoms with E-state index in [1.165, 1.54) is 12.8 Å². The summed E-state index contributed by atoms with van der Waals surface area (Å²) in [5, 5.41) is 13.3. The topological polar surface area (TPSA) is 106 Å². The van der Waals surface area contributed by atoms with Gasteiger partial charge in [-0.3, -0.25) is 19.4 Å². The molecule has 10 atom stereocenters. The number of ether oxygens (including phenoxy) is 1. The van der Waals surface area contributed by atoms with E-state index >= 15 is 0 Å². The van der Waals surface area contributed by atoms with Gasteiger partial charge in [0.2, 0.25) is 0 Å². The molecule has 51 heavy (non-hydrogen) atoms. The smallest absolute Gasteiger partial charge is 0.309 e. The standard InChI is InChI=1S/C44H66N2O5/c1-26(2)36-37-28(29(38(36)48)19-24-45-27(3)31-13-11-12-23-46-31)16-21-43(9)30(37)14-15-33-42(8)20-18-34(51-35(47)25-40(4,5)39(49)50)41(6,7)32(42)17-22-44(33,43)10/h11-13,23,26-30,32-34,45H,14-22,24-25H2,1-10H3,(H,49,50)/t27-,28?,29+,30-,32+,33-,34+,42+,43-,44-/m1/s1. The van der Waals surface area contributed by atoms with Crippen molar-refractivity contribution in [3.63, 3.8) is 0 Å². The van der Waals surface area contributed by atoms with E-state index in [0.29, 0.717) is 29.5 Å². The summed E-state index contributed by atoms with van der Waals surface area (Å²) < 4.78 is 6.17. The first kappa shape index (κ1) is 38.2. The first-order valence-corrected chi connectivity index (χ1v) is 20.1. The first-order valence-electron chi connectivity index (χ1n) is 20.1. The lowest BCUT2D eigenvalue weighted by atomic mass is 9.33. The molecule has 4 saturated carbocycles. The number of pyridine rings is 1. The van der Waals surface area contributed by atoms with E-state index in [4.69, 9.17) is 4.74 Å². The molecule has 0 saturated heterocycles. The molecule has 1 unspecified atom stereocenters. The average molecular weight is 703 g/mol. The lowest BCUT2D eigenvalue weighted by Gasteiger charge is -2.71. The number of carbonyl (C=O) groups is 3. The van der Waals surface area contributed by atoms with Crippen LogP contribution < -0.4 is 5.32 Å². The molecule has 1 heterocycles. The lowest BCUT2D eigenvalue weighted by molar-refractivity contribution is -0.232. The quantitative estimate of drug-likeness (QED) is 0.234. The van der Waals surface area contributed by atoms with Crippen molar-refractivity contribution in [3.05, 3.63) is 41.2 Å². The average Bonchev–Trinajstić information content (AvgIpc) is 3.33. The maximum Gasteiger partial charge on any atom is 0.309 e. The number of ketones is 1. The lowest BCUT2D eigenvalue weighted by Crippen LogP contribution is -2.65. The van der Waals surface area contributed by atoms with Gasteiger partial charge in [-0.1, -0.05) is 60.1 Å². The fraction of sp³-hybridized carbons (Fsp3) is 0.773. The summed E-state index contributed by atoms with van der Waals surface area (Å²) in [6.45, 7) is 23.0. The van der Waals surface area contributed by atoms with Crippen LogP contribution in [0.15, 0.2) is 35.5 Å². The highest BCUT2D eigenvalue weighted by Gasteiger charge is 2.69. The van der Waals surface area contributed by atoms with Crippen molar-refractivity contribution in [2.24, 2.45) is 62.6 Å². The summed E-state index contributed by atoms with van der Waals surface area (Å²) >= 11 is 0. The molecule has 5 aliphatic carbocycles. The monoisotopic (exact) mass is 702 g/mol. The maximum absolute atomic E-state index is 14.4. The number of rotatable bonds is 10. The number of allylic oxidation sites excluding steroid dienone is 2. The molecule has 282 valence electrons. The van der Waals surface area contributed by atoms with Crippen molar-refractivity contribution < 1.29 is 24.2 Å². The zero-order valence-electron chi connectivity index (χ0n) is 33.2. The van der Waals surface area contributed by atoms with E-state index in [1.807, 2.05) is 18.3 Å². The van der Waals surface area contributed by atoms with Crippen LogP contribution in [-0.4, -0.2) is 40.5 Å². The summed E-state index contributed by atoms with van der Waals surface area (Å²) in [7, 11) is 0. The fourth-order valence-electron chi connectivity index (χ4n) is 13.1. The summed E-state index contributed by atoms with van der Waals surface area (Å²) in [5.74, 6) is 1.16. The fourth-order valence-corrected chi connectivity index (χ4v) is 13.1. The Morgan fingerprint density at radius 2 is 1.67 bits per heavy atom. The number of fused-ring (bicyclic) bond motifs is 7. The zero-order valence-corrected chi connectivity index (χ0v) is 33.2. The summed E-state index contributed by atoms with van der Waals surface area (Å²) in [6, 6.07) is 6.19. The maximum atomic E-state index is 14.4. The Balaban J connectivity index is 1.21. The molecule has 0 aromatic carbocycles. The summed E-state index contributed by atoms with van der Waals surface area (Å²) in [5.41, 5.74) is 2.82. The molecule has 0 bridgehead atoms. The molecule has 1 aromatic heterocycles. The van der Waals surface area contributed by atoms with Crippen LogP contribution in [0.1, 0.15) is 145 Å². The van der Waals surface area contributed by atoms with Crippen molar-refractivity contribution in [1.29, 1.82) is 0 Å². The van der Waals surface area contributed by atoms with Gasteiger partial charge in [0, 0.05) is 23.6 Å². The number of aliphatic carboxylic acids is 1. The van der Waals surface area contributed by atoms with Crippen molar-refractivity contribution in [3.8, 4) is 0 Å². The van der Waals surface area contributed by atoms with Crippen molar-refractivity contribution >= 4 is 17.7 Å². The van der Waals surface area contributed by atoms with E-state index in [0.717, 1.165) is 62.8 Å². The number of nitrogens with one attached hydrogen (secondary N) is 1. The Kier molecular flexibility index (Phi) is 10.0. The largest absolute Gasteiger partial charge is 0.481 e. The van der Waals surface area contributed by atoms with Gasteiger partial charge >= 0.3 is 11.9 Å². The van der Waals surface area contributed by atoms with E-state index in [1.54, 1.807) is 19.4 Å². The van der Waals surface area contributed by atoms with Gasteiger partial charge in [-0.2, -0.15) is 0 Å². The van der Waals surface area contributed by atoms with Crippen LogP contribution in [0, 0.1) is 62.6 Å². The second-order valence-corrected chi connectivity index (χ2v) is 19.7. The van der Waals surface area contributed by atoms with Crippen molar-refractivity contribution in [2.75, 3.05) is 6.54 Å². The summed E-state index contributed by atoms with van der Waals surface area (Å²) in [4.78, 5) is 43.7. The minimum Gasteiger partial charge on any atom is -0.481 e. The summed E-state index contributed by atoms with van der Waals surface area (Å²) in [6.07, 6.45) is 11.1. The van der Waals surface area contributed by atoms with Gasteiger partial charge < -0.3 is 15.2 Å². The SMILES string of the molecule is CC(C)C1=C2C(CC[C@]3(C)[C@@H]2CC[C@@H]2[C@@]4(C)CC[C@H](OC(=O)CC(C)(C)C(=O)O)C(C)(C)[C@@H]4CC[C@]23C)[C@H](CCN[C@H](C)c2ccccn2)C1=O. The number of Topliss-reactive ketones (excluding diaryl/α,β-unsaturated/α-hetero) is 1. The van der Waals surface area contributed by atoms with Crippen LogP contribution in [0.4, 0.5) is 0 Å². The highest BCUT2D eigenvalue weighted by molar-refractivity contribution is 6.01. The molecule has 0 spiro atoms. The normalized spacial score (nSPS) is 38.0. The van der Waals surface area contributed by atoms with Gasteiger partial charge in [0.15, 0.2) is 5.78 Å².